The summed E-state index contributed by atoms with van der Waals surface area (Å²) in [6.45, 7) is 1.65. The molecule has 4 heteroatoms. The molecule has 0 aliphatic heterocycles. The fraction of sp³-hybridized carbons (Fsp3) is 0.571. The zero-order chi connectivity index (χ0) is 13.4. The Hall–Kier alpha value is -0.710. The van der Waals surface area contributed by atoms with Crippen LogP contribution in [0.15, 0.2) is 24.3 Å². The van der Waals surface area contributed by atoms with Crippen LogP contribution in [0, 0.1) is 0 Å². The van der Waals surface area contributed by atoms with Gasteiger partial charge in [-0.15, -0.1) is 0 Å². The van der Waals surface area contributed by atoms with Crippen LogP contribution in [-0.2, 0) is 6.54 Å². The van der Waals surface area contributed by atoms with E-state index in [1.807, 2.05) is 23.9 Å². The van der Waals surface area contributed by atoms with Gasteiger partial charge in [0.15, 0.2) is 0 Å². The molecule has 0 saturated carbocycles. The molecule has 0 spiro atoms. The van der Waals surface area contributed by atoms with E-state index in [9.17, 15) is 0 Å². The molecule has 1 aromatic rings. The van der Waals surface area contributed by atoms with E-state index in [1.165, 1.54) is 5.56 Å². The van der Waals surface area contributed by atoms with Crippen LogP contribution in [0.3, 0.4) is 0 Å². The summed E-state index contributed by atoms with van der Waals surface area (Å²) >= 11 is 1.88. The third kappa shape index (κ3) is 4.88. The van der Waals surface area contributed by atoms with E-state index in [2.05, 4.69) is 30.3 Å². The van der Waals surface area contributed by atoms with Crippen LogP contribution in [0.2, 0.25) is 0 Å². The molecule has 0 aliphatic carbocycles. The van der Waals surface area contributed by atoms with Gasteiger partial charge in [0, 0.05) is 19.1 Å². The zero-order valence-electron chi connectivity index (χ0n) is 11.6. The monoisotopic (exact) mass is 268 g/mol. The molecular weight excluding hydrogens is 244 g/mol. The number of likely N-dealkylation sites (N-methyl/N-ethyl adjacent to an activating group) is 1. The van der Waals surface area contributed by atoms with Crippen LogP contribution in [0.4, 0.5) is 0 Å². The molecule has 18 heavy (non-hydrogen) atoms. The smallest absolute Gasteiger partial charge is 0.118 e. The van der Waals surface area contributed by atoms with Gasteiger partial charge >= 0.3 is 0 Å². The minimum atomic E-state index is 0.458. The Labute approximate surface area is 115 Å². The molecular formula is C14H24N2OS. The molecule has 0 saturated heterocycles. The zero-order valence-corrected chi connectivity index (χ0v) is 12.4. The third-order valence-corrected chi connectivity index (χ3v) is 3.79. The molecule has 0 amide bonds. The first-order chi connectivity index (χ1) is 8.71. The van der Waals surface area contributed by atoms with Gasteiger partial charge in [-0.25, -0.2) is 0 Å². The Morgan fingerprint density at radius 2 is 2.00 bits per heavy atom. The van der Waals surface area contributed by atoms with Crippen LogP contribution in [0.1, 0.15) is 12.0 Å². The van der Waals surface area contributed by atoms with Crippen molar-refractivity contribution in [2.45, 2.75) is 19.0 Å². The van der Waals surface area contributed by atoms with E-state index in [-0.39, 0.29) is 0 Å². The maximum atomic E-state index is 5.84. The summed E-state index contributed by atoms with van der Waals surface area (Å²) in [5.41, 5.74) is 7.14. The second kappa shape index (κ2) is 8.40. The van der Waals surface area contributed by atoms with Crippen molar-refractivity contribution in [2.75, 3.05) is 32.7 Å². The highest BCUT2D eigenvalue weighted by atomic mass is 32.2. The van der Waals surface area contributed by atoms with Gasteiger partial charge in [0.2, 0.25) is 0 Å². The van der Waals surface area contributed by atoms with Gasteiger partial charge in [-0.1, -0.05) is 12.1 Å². The van der Waals surface area contributed by atoms with Crippen molar-refractivity contribution in [3.63, 3.8) is 0 Å². The van der Waals surface area contributed by atoms with E-state index in [0.717, 1.165) is 24.5 Å². The Morgan fingerprint density at radius 3 is 2.50 bits per heavy atom. The average molecular weight is 268 g/mol. The van der Waals surface area contributed by atoms with Gasteiger partial charge in [-0.2, -0.15) is 11.8 Å². The lowest BCUT2D eigenvalue weighted by molar-refractivity contribution is 0.234. The standard InChI is InChI=1S/C14H24N2OS/c1-16(13(10-15)8-9-18-3)11-12-4-6-14(17-2)7-5-12/h4-7,13H,8-11,15H2,1-3H3. The molecule has 3 nitrogen and oxygen atoms in total. The van der Waals surface area contributed by atoms with E-state index in [4.69, 9.17) is 10.5 Å². The minimum Gasteiger partial charge on any atom is -0.497 e. The summed E-state index contributed by atoms with van der Waals surface area (Å²) in [6, 6.07) is 8.68. The first-order valence-corrected chi connectivity index (χ1v) is 7.62. The van der Waals surface area contributed by atoms with Crippen LogP contribution in [0.25, 0.3) is 0 Å². The van der Waals surface area contributed by atoms with E-state index < -0.39 is 0 Å². The van der Waals surface area contributed by atoms with E-state index in [0.29, 0.717) is 12.6 Å². The van der Waals surface area contributed by atoms with Crippen molar-refractivity contribution in [2.24, 2.45) is 5.73 Å². The summed E-state index contributed by atoms with van der Waals surface area (Å²) in [5.74, 6) is 2.06. The first kappa shape index (κ1) is 15.3. The van der Waals surface area contributed by atoms with E-state index >= 15 is 0 Å². The minimum absolute atomic E-state index is 0.458. The average Bonchev–Trinajstić information content (AvgIpc) is 2.40. The van der Waals surface area contributed by atoms with Gasteiger partial charge in [0.1, 0.15) is 5.75 Å². The third-order valence-electron chi connectivity index (χ3n) is 3.14. The lowest BCUT2D eigenvalue weighted by Gasteiger charge is -2.26. The summed E-state index contributed by atoms with van der Waals surface area (Å²) in [4.78, 5) is 2.33. The molecule has 102 valence electrons. The summed E-state index contributed by atoms with van der Waals surface area (Å²) in [7, 11) is 3.83. The maximum Gasteiger partial charge on any atom is 0.118 e. The Balaban J connectivity index is 2.52. The lowest BCUT2D eigenvalue weighted by Crippen LogP contribution is -2.37. The van der Waals surface area contributed by atoms with Gasteiger partial charge in [0.05, 0.1) is 7.11 Å². The second-order valence-electron chi connectivity index (χ2n) is 4.43. The number of thioether (sulfide) groups is 1. The normalized spacial score (nSPS) is 12.7. The predicted octanol–water partition coefficient (Wildman–Crippen LogP) is 2.21. The van der Waals surface area contributed by atoms with Crippen molar-refractivity contribution in [3.8, 4) is 5.75 Å². The van der Waals surface area contributed by atoms with Gasteiger partial charge < -0.3 is 10.5 Å². The number of hydrogen-bond donors (Lipinski definition) is 1. The Kier molecular flexibility index (Phi) is 7.16. The lowest BCUT2D eigenvalue weighted by atomic mass is 10.1. The topological polar surface area (TPSA) is 38.5 Å². The van der Waals surface area contributed by atoms with E-state index in [1.54, 1.807) is 7.11 Å². The highest BCUT2D eigenvalue weighted by molar-refractivity contribution is 7.98. The molecule has 1 rings (SSSR count). The van der Waals surface area contributed by atoms with Crippen molar-refractivity contribution >= 4 is 11.8 Å². The molecule has 0 aromatic heterocycles. The van der Waals surface area contributed by atoms with Crippen LogP contribution in [-0.4, -0.2) is 43.7 Å². The summed E-state index contributed by atoms with van der Waals surface area (Å²) in [5, 5.41) is 0. The maximum absolute atomic E-state index is 5.84. The van der Waals surface area contributed by atoms with Crippen molar-refractivity contribution in [1.29, 1.82) is 0 Å². The van der Waals surface area contributed by atoms with Gasteiger partial charge in [-0.3, -0.25) is 4.90 Å². The molecule has 1 aromatic carbocycles. The molecule has 0 fully saturated rings. The molecule has 1 atom stereocenters. The summed E-state index contributed by atoms with van der Waals surface area (Å²) < 4.78 is 5.16. The van der Waals surface area contributed by atoms with Crippen molar-refractivity contribution < 1.29 is 4.74 Å². The second-order valence-corrected chi connectivity index (χ2v) is 5.42. The Morgan fingerprint density at radius 1 is 1.33 bits per heavy atom. The molecule has 2 N–H and O–H groups in total. The van der Waals surface area contributed by atoms with Gasteiger partial charge in [-0.05, 0) is 43.2 Å². The highest BCUT2D eigenvalue weighted by Crippen LogP contribution is 2.14. The first-order valence-electron chi connectivity index (χ1n) is 6.23. The quantitative estimate of drug-likeness (QED) is 0.784. The predicted molar refractivity (Wildman–Crippen MR) is 80.3 cm³/mol. The molecule has 0 heterocycles. The highest BCUT2D eigenvalue weighted by Gasteiger charge is 2.12. The number of ether oxygens (including phenoxy) is 1. The number of nitrogens with zero attached hydrogens (tertiary/aromatic N) is 1. The molecule has 0 radical (unpaired) electrons. The molecule has 0 bridgehead atoms. The van der Waals surface area contributed by atoms with Crippen LogP contribution >= 0.6 is 11.8 Å². The summed E-state index contributed by atoms with van der Waals surface area (Å²) in [6.07, 6.45) is 3.28. The number of hydrogen-bond acceptors (Lipinski definition) is 4. The number of benzene rings is 1. The Bertz CT molecular complexity index is 329. The van der Waals surface area contributed by atoms with Crippen molar-refractivity contribution in [3.05, 3.63) is 29.8 Å². The number of nitrogens with two attached hydrogens (primary N) is 1. The number of rotatable bonds is 8. The van der Waals surface area contributed by atoms with Gasteiger partial charge in [0.25, 0.3) is 0 Å². The van der Waals surface area contributed by atoms with Crippen LogP contribution < -0.4 is 10.5 Å². The fourth-order valence-electron chi connectivity index (χ4n) is 1.92. The largest absolute Gasteiger partial charge is 0.497 e. The molecule has 1 unspecified atom stereocenters. The SMILES string of the molecule is COc1ccc(CN(C)C(CN)CCSC)cc1. The van der Waals surface area contributed by atoms with Crippen molar-refractivity contribution in [1.82, 2.24) is 4.90 Å². The van der Waals surface area contributed by atoms with Crippen LogP contribution in [0.5, 0.6) is 5.75 Å². The number of methoxy groups -OCH3 is 1. The fourth-order valence-corrected chi connectivity index (χ4v) is 2.43. The molecule has 0 aliphatic rings.